The van der Waals surface area contributed by atoms with E-state index in [-0.39, 0.29) is 41.8 Å². The SMILES string of the molecule is O=C(c1ccc(CNC[C@H](O)c2ccc(O)c3[nH]c(=O)ccc23)cc1)N1CC=C(c2ccc([C@](O)(C(=O)OCC3CCN(Cc4ccccc4)CC3)c3ccccc3)cc2)CC1. The zero-order chi connectivity index (χ0) is 43.1. The Morgan fingerprint density at radius 1 is 0.806 bits per heavy atom. The average Bonchev–Trinajstić information content (AvgIpc) is 3.32. The van der Waals surface area contributed by atoms with Crippen molar-refractivity contribution in [2.75, 3.05) is 39.3 Å². The van der Waals surface area contributed by atoms with Crippen LogP contribution >= 0.6 is 0 Å². The second-order valence-electron chi connectivity index (χ2n) is 16.3. The van der Waals surface area contributed by atoms with Crippen molar-refractivity contribution in [1.82, 2.24) is 20.1 Å². The number of hydrogen-bond donors (Lipinski definition) is 5. The Kier molecular flexibility index (Phi) is 13.1. The summed E-state index contributed by atoms with van der Waals surface area (Å²) in [5, 5.41) is 37.0. The van der Waals surface area contributed by atoms with Crippen molar-refractivity contribution in [1.29, 1.82) is 0 Å². The molecule has 2 atom stereocenters. The Labute approximate surface area is 360 Å². The van der Waals surface area contributed by atoms with Gasteiger partial charge in [-0.05, 0) is 101 Å². The number of aromatic hydroxyl groups is 1. The van der Waals surface area contributed by atoms with E-state index in [0.29, 0.717) is 53.7 Å². The zero-order valence-corrected chi connectivity index (χ0v) is 34.6. The third-order valence-corrected chi connectivity index (χ3v) is 12.2. The van der Waals surface area contributed by atoms with Crippen LogP contribution in [0.1, 0.15) is 69.1 Å². The Morgan fingerprint density at radius 3 is 2.19 bits per heavy atom. The quantitative estimate of drug-likeness (QED) is 0.0757. The van der Waals surface area contributed by atoms with Crippen LogP contribution in [0, 0.1) is 5.92 Å². The summed E-state index contributed by atoms with van der Waals surface area (Å²) in [6.45, 7) is 4.71. The number of hydrogen-bond acceptors (Lipinski definition) is 9. The fourth-order valence-corrected chi connectivity index (χ4v) is 8.53. The molecule has 0 saturated carbocycles. The van der Waals surface area contributed by atoms with E-state index >= 15 is 0 Å². The highest BCUT2D eigenvalue weighted by atomic mass is 16.5. The van der Waals surface area contributed by atoms with Gasteiger partial charge < -0.3 is 35.3 Å². The third kappa shape index (κ3) is 9.56. The standard InChI is InChI=1S/C51H52N4O7/c56-45-21-19-43(44-20-22-47(58)53-48(44)45)46(57)32-52-31-35-11-13-40(14-12-35)49(59)55-29-25-39(26-30-55)38-15-17-42(18-16-38)51(61,41-9-5-2-6-10-41)50(60)62-34-37-23-27-54(28-24-37)33-36-7-3-1-4-8-36/h1-22,25,37,46,52,56-57,61H,23-24,26-34H2,(H,53,58)/t46-,51-/m0/s1. The van der Waals surface area contributed by atoms with Crippen LogP contribution in [-0.2, 0) is 28.2 Å². The molecule has 6 aromatic rings. The molecule has 1 aromatic heterocycles. The number of aromatic nitrogens is 1. The molecule has 3 heterocycles. The molecular weight excluding hydrogens is 781 g/mol. The van der Waals surface area contributed by atoms with Gasteiger partial charge in [0.05, 0.1) is 18.2 Å². The number of aromatic amines is 1. The summed E-state index contributed by atoms with van der Waals surface area (Å²) in [7, 11) is 0. The van der Waals surface area contributed by atoms with Gasteiger partial charge in [-0.2, -0.15) is 0 Å². The fraction of sp³-hybridized carbons (Fsp3) is 0.275. The Balaban J connectivity index is 0.841. The minimum atomic E-state index is -1.97. The maximum absolute atomic E-state index is 13.9. The minimum Gasteiger partial charge on any atom is -0.506 e. The molecule has 8 rings (SSSR count). The first-order valence-corrected chi connectivity index (χ1v) is 21.3. The normalized spacial score (nSPS) is 16.4. The molecule has 0 spiro atoms. The van der Waals surface area contributed by atoms with Crippen LogP contribution < -0.4 is 10.9 Å². The highest BCUT2D eigenvalue weighted by Crippen LogP contribution is 2.34. The van der Waals surface area contributed by atoms with Crippen molar-refractivity contribution in [3.05, 3.63) is 189 Å². The summed E-state index contributed by atoms with van der Waals surface area (Å²) in [6.07, 6.45) is 3.66. The monoisotopic (exact) mass is 832 g/mol. The molecular formula is C51H52N4O7. The summed E-state index contributed by atoms with van der Waals surface area (Å²) in [6, 6.07) is 40.3. The number of carbonyl (C=O) groups excluding carboxylic acids is 2. The molecule has 1 amide bonds. The van der Waals surface area contributed by atoms with Gasteiger partial charge >= 0.3 is 5.97 Å². The predicted molar refractivity (Wildman–Crippen MR) is 239 cm³/mol. The van der Waals surface area contributed by atoms with Gasteiger partial charge in [0.25, 0.3) is 5.91 Å². The van der Waals surface area contributed by atoms with E-state index < -0.39 is 17.7 Å². The third-order valence-electron chi connectivity index (χ3n) is 12.2. The van der Waals surface area contributed by atoms with Crippen molar-refractivity contribution in [2.24, 2.45) is 5.92 Å². The lowest BCUT2D eigenvalue weighted by atomic mass is 9.85. The summed E-state index contributed by atoms with van der Waals surface area (Å²) in [5.41, 5.74) is 4.31. The molecule has 2 aliphatic rings. The van der Waals surface area contributed by atoms with Crippen LogP contribution in [0.2, 0.25) is 0 Å². The number of amides is 1. The summed E-state index contributed by atoms with van der Waals surface area (Å²) in [5.74, 6) is -0.581. The van der Waals surface area contributed by atoms with Crippen LogP contribution in [0.25, 0.3) is 16.5 Å². The number of piperidine rings is 1. The van der Waals surface area contributed by atoms with Gasteiger partial charge in [0.2, 0.25) is 11.2 Å². The predicted octanol–water partition coefficient (Wildman–Crippen LogP) is 6.68. The van der Waals surface area contributed by atoms with E-state index in [2.05, 4.69) is 45.5 Å². The number of pyridine rings is 1. The molecule has 1 saturated heterocycles. The molecule has 62 heavy (non-hydrogen) atoms. The van der Waals surface area contributed by atoms with Gasteiger partial charge in [-0.3, -0.25) is 14.5 Å². The number of carbonyl (C=O) groups is 2. The number of ether oxygens (including phenoxy) is 1. The number of phenolic OH excluding ortho intramolecular Hbond substituents is 1. The topological polar surface area (TPSA) is 155 Å². The summed E-state index contributed by atoms with van der Waals surface area (Å²) >= 11 is 0. The van der Waals surface area contributed by atoms with Crippen LogP contribution in [0.5, 0.6) is 5.75 Å². The fourth-order valence-electron chi connectivity index (χ4n) is 8.53. The van der Waals surface area contributed by atoms with E-state index in [1.165, 1.54) is 17.7 Å². The zero-order valence-electron chi connectivity index (χ0n) is 34.6. The number of aliphatic hydroxyl groups is 2. The van der Waals surface area contributed by atoms with E-state index in [9.17, 15) is 29.7 Å². The molecule has 0 radical (unpaired) electrons. The highest BCUT2D eigenvalue weighted by Gasteiger charge is 2.42. The summed E-state index contributed by atoms with van der Waals surface area (Å²) in [4.78, 5) is 45.9. The first-order chi connectivity index (χ1) is 30.2. The van der Waals surface area contributed by atoms with Crippen LogP contribution in [-0.4, -0.2) is 81.3 Å². The number of phenols is 1. The van der Waals surface area contributed by atoms with Crippen molar-refractivity contribution >= 4 is 28.4 Å². The highest BCUT2D eigenvalue weighted by molar-refractivity contribution is 5.95. The van der Waals surface area contributed by atoms with Crippen molar-refractivity contribution in [3.8, 4) is 5.75 Å². The number of H-pyrrole nitrogens is 1. The number of benzene rings is 5. The second-order valence-corrected chi connectivity index (χ2v) is 16.3. The number of esters is 1. The van der Waals surface area contributed by atoms with Gasteiger partial charge in [-0.25, -0.2) is 4.79 Å². The second kappa shape index (κ2) is 19.1. The van der Waals surface area contributed by atoms with Crippen molar-refractivity contribution < 1.29 is 29.6 Å². The molecule has 11 nitrogen and oxygen atoms in total. The van der Waals surface area contributed by atoms with Crippen LogP contribution in [0.3, 0.4) is 0 Å². The van der Waals surface area contributed by atoms with Crippen LogP contribution in [0.15, 0.2) is 144 Å². The smallest absolute Gasteiger partial charge is 0.347 e. The lowest BCUT2D eigenvalue weighted by Crippen LogP contribution is -2.40. The van der Waals surface area contributed by atoms with Gasteiger partial charge in [-0.1, -0.05) is 109 Å². The van der Waals surface area contributed by atoms with Crippen molar-refractivity contribution in [2.45, 2.75) is 44.1 Å². The lowest BCUT2D eigenvalue weighted by molar-refractivity contribution is -0.164. The Morgan fingerprint density at radius 2 is 1.50 bits per heavy atom. The first kappa shape index (κ1) is 42.3. The number of fused-ring (bicyclic) bond motifs is 1. The number of rotatable bonds is 14. The van der Waals surface area contributed by atoms with Gasteiger partial charge in [0.1, 0.15) is 5.75 Å². The average molecular weight is 833 g/mol. The van der Waals surface area contributed by atoms with E-state index in [1.807, 2.05) is 53.4 Å². The maximum atomic E-state index is 13.9. The van der Waals surface area contributed by atoms with Crippen LogP contribution in [0.4, 0.5) is 0 Å². The van der Waals surface area contributed by atoms with Gasteiger partial charge in [0.15, 0.2) is 0 Å². The molecule has 0 aliphatic carbocycles. The molecule has 5 N–H and O–H groups in total. The summed E-state index contributed by atoms with van der Waals surface area (Å²) < 4.78 is 5.91. The number of likely N-dealkylation sites (tertiary alicyclic amines) is 1. The van der Waals surface area contributed by atoms with E-state index in [1.54, 1.807) is 48.5 Å². The molecule has 0 unspecified atom stereocenters. The van der Waals surface area contributed by atoms with Crippen molar-refractivity contribution in [3.63, 3.8) is 0 Å². The lowest BCUT2D eigenvalue weighted by Gasteiger charge is -2.33. The van der Waals surface area contributed by atoms with Gasteiger partial charge in [0, 0.05) is 49.7 Å². The largest absolute Gasteiger partial charge is 0.506 e. The number of aliphatic hydroxyl groups excluding tert-OH is 1. The number of nitrogens with zero attached hydrogens (tertiary/aromatic N) is 2. The Hall–Kier alpha value is -6.37. The van der Waals surface area contributed by atoms with E-state index in [4.69, 9.17) is 4.74 Å². The Bertz CT molecular complexity index is 2570. The first-order valence-electron chi connectivity index (χ1n) is 21.3. The molecule has 318 valence electrons. The molecule has 5 aromatic carbocycles. The molecule has 0 bridgehead atoms. The van der Waals surface area contributed by atoms with Gasteiger partial charge in [-0.15, -0.1) is 0 Å². The maximum Gasteiger partial charge on any atom is 0.347 e. The number of nitrogens with one attached hydrogen (secondary N) is 2. The minimum absolute atomic E-state index is 0.0603. The molecule has 11 heteroatoms. The molecule has 1 fully saturated rings. The van der Waals surface area contributed by atoms with E-state index in [0.717, 1.165) is 49.2 Å². The molecule has 2 aliphatic heterocycles.